The lowest BCUT2D eigenvalue weighted by atomic mass is 10.0. The van der Waals surface area contributed by atoms with Gasteiger partial charge in [0.15, 0.2) is 0 Å². The summed E-state index contributed by atoms with van der Waals surface area (Å²) in [5, 5.41) is 4.70. The van der Waals surface area contributed by atoms with Gasteiger partial charge in [0.25, 0.3) is 0 Å². The molecule has 24 heavy (non-hydrogen) atoms. The Morgan fingerprint density at radius 2 is 1.75 bits per heavy atom. The van der Waals surface area contributed by atoms with Crippen LogP contribution in [0.4, 0.5) is 0 Å². The van der Waals surface area contributed by atoms with E-state index in [1.807, 2.05) is 6.07 Å². The number of hydrogen-bond donors (Lipinski definition) is 0. The van der Waals surface area contributed by atoms with E-state index in [4.69, 9.17) is 4.42 Å². The summed E-state index contributed by atoms with van der Waals surface area (Å²) in [6, 6.07) is 16.9. The molecule has 0 radical (unpaired) electrons. The lowest BCUT2D eigenvalue weighted by molar-refractivity contribution is 0.670. The third kappa shape index (κ3) is 1.85. The number of furan rings is 1. The van der Waals surface area contributed by atoms with E-state index in [1.165, 1.54) is 16.3 Å². The summed E-state index contributed by atoms with van der Waals surface area (Å²) in [5.74, 6) is 0. The second-order valence-corrected chi connectivity index (χ2v) is 6.02. The minimum absolute atomic E-state index is 0.825. The van der Waals surface area contributed by atoms with Crippen LogP contribution in [0.1, 0.15) is 5.56 Å². The SMILES string of the molecule is Cc1ccc(-c2cnccn2)c2oc3cc4ccccc4cc3c12. The van der Waals surface area contributed by atoms with Crippen LogP contribution in [-0.2, 0) is 0 Å². The Morgan fingerprint density at radius 1 is 0.917 bits per heavy atom. The molecular weight excluding hydrogens is 296 g/mol. The van der Waals surface area contributed by atoms with Gasteiger partial charge in [-0.05, 0) is 41.5 Å². The van der Waals surface area contributed by atoms with Crippen molar-refractivity contribution in [2.75, 3.05) is 0 Å². The molecule has 5 rings (SSSR count). The fraction of sp³-hybridized carbons (Fsp3) is 0.0476. The molecule has 2 aromatic heterocycles. The Morgan fingerprint density at radius 3 is 2.54 bits per heavy atom. The summed E-state index contributed by atoms with van der Waals surface area (Å²) in [4.78, 5) is 8.62. The molecule has 3 aromatic carbocycles. The highest BCUT2D eigenvalue weighted by Crippen LogP contribution is 2.38. The molecule has 0 saturated heterocycles. The molecule has 3 heteroatoms. The number of aromatic nitrogens is 2. The van der Waals surface area contributed by atoms with Crippen LogP contribution in [0.15, 0.2) is 71.5 Å². The standard InChI is InChI=1S/C21H14N2O/c1-13-6-7-16(18-12-22-8-9-23-18)21-20(13)17-10-14-4-2-3-5-15(14)11-19(17)24-21/h2-12H,1H3. The number of hydrogen-bond acceptors (Lipinski definition) is 3. The Labute approximate surface area is 138 Å². The highest BCUT2D eigenvalue weighted by atomic mass is 16.3. The van der Waals surface area contributed by atoms with Gasteiger partial charge in [-0.25, -0.2) is 0 Å². The first-order valence-corrected chi connectivity index (χ1v) is 7.92. The molecule has 0 fully saturated rings. The van der Waals surface area contributed by atoms with Crippen molar-refractivity contribution in [1.29, 1.82) is 0 Å². The first-order chi connectivity index (χ1) is 11.8. The molecule has 0 unspecified atom stereocenters. The average molecular weight is 310 g/mol. The maximum absolute atomic E-state index is 6.26. The topological polar surface area (TPSA) is 38.9 Å². The zero-order chi connectivity index (χ0) is 16.1. The predicted molar refractivity (Wildman–Crippen MR) is 97.0 cm³/mol. The van der Waals surface area contributed by atoms with Gasteiger partial charge in [0, 0.05) is 28.7 Å². The highest BCUT2D eigenvalue weighted by Gasteiger charge is 2.15. The van der Waals surface area contributed by atoms with Gasteiger partial charge in [0.2, 0.25) is 0 Å². The molecule has 114 valence electrons. The number of nitrogens with zero attached hydrogens (tertiary/aromatic N) is 2. The summed E-state index contributed by atoms with van der Waals surface area (Å²) >= 11 is 0. The van der Waals surface area contributed by atoms with Crippen LogP contribution in [0.25, 0.3) is 44.0 Å². The van der Waals surface area contributed by atoms with Gasteiger partial charge in [-0.15, -0.1) is 0 Å². The van der Waals surface area contributed by atoms with E-state index >= 15 is 0 Å². The summed E-state index contributed by atoms with van der Waals surface area (Å²) in [6.07, 6.45) is 5.16. The van der Waals surface area contributed by atoms with Gasteiger partial charge in [-0.1, -0.05) is 30.3 Å². The molecule has 0 bridgehead atoms. The lowest BCUT2D eigenvalue weighted by Gasteiger charge is -2.03. The predicted octanol–water partition coefficient (Wildman–Crippen LogP) is 5.50. The molecule has 2 heterocycles. The Bertz CT molecular complexity index is 1210. The van der Waals surface area contributed by atoms with Gasteiger partial charge in [0.1, 0.15) is 11.2 Å². The second-order valence-electron chi connectivity index (χ2n) is 6.02. The first-order valence-electron chi connectivity index (χ1n) is 7.92. The van der Waals surface area contributed by atoms with E-state index in [0.29, 0.717) is 0 Å². The van der Waals surface area contributed by atoms with E-state index in [1.54, 1.807) is 18.6 Å². The third-order valence-corrected chi connectivity index (χ3v) is 4.53. The van der Waals surface area contributed by atoms with Gasteiger partial charge < -0.3 is 4.42 Å². The maximum atomic E-state index is 6.26. The van der Waals surface area contributed by atoms with E-state index in [-0.39, 0.29) is 0 Å². The van der Waals surface area contributed by atoms with Gasteiger partial charge >= 0.3 is 0 Å². The van der Waals surface area contributed by atoms with Crippen molar-refractivity contribution in [1.82, 2.24) is 9.97 Å². The molecule has 0 amide bonds. The fourth-order valence-corrected chi connectivity index (χ4v) is 3.37. The van der Waals surface area contributed by atoms with Crippen molar-refractivity contribution >= 4 is 32.7 Å². The van der Waals surface area contributed by atoms with Gasteiger partial charge in [-0.2, -0.15) is 0 Å². The van der Waals surface area contributed by atoms with Crippen LogP contribution in [0.3, 0.4) is 0 Å². The minimum Gasteiger partial charge on any atom is -0.455 e. The monoisotopic (exact) mass is 310 g/mol. The van der Waals surface area contributed by atoms with Crippen molar-refractivity contribution in [3.05, 3.63) is 72.7 Å². The maximum Gasteiger partial charge on any atom is 0.145 e. The molecule has 0 spiro atoms. The normalized spacial score (nSPS) is 11.5. The molecule has 0 aliphatic rings. The zero-order valence-corrected chi connectivity index (χ0v) is 13.2. The average Bonchev–Trinajstić information content (AvgIpc) is 3.00. The molecule has 5 aromatic rings. The van der Waals surface area contributed by atoms with E-state index in [0.717, 1.165) is 33.2 Å². The van der Waals surface area contributed by atoms with E-state index in [9.17, 15) is 0 Å². The molecular formula is C21H14N2O. The minimum atomic E-state index is 0.825. The fourth-order valence-electron chi connectivity index (χ4n) is 3.37. The molecule has 0 aliphatic carbocycles. The number of benzene rings is 3. The van der Waals surface area contributed by atoms with Crippen LogP contribution in [0, 0.1) is 6.92 Å². The zero-order valence-electron chi connectivity index (χ0n) is 13.2. The van der Waals surface area contributed by atoms with Crippen molar-refractivity contribution in [2.24, 2.45) is 0 Å². The Kier molecular flexibility index (Phi) is 2.71. The number of rotatable bonds is 1. The first kappa shape index (κ1) is 13.3. The Hall–Kier alpha value is -3.20. The Balaban J connectivity index is 1.94. The quantitative estimate of drug-likeness (QED) is 0.410. The summed E-state index contributed by atoms with van der Waals surface area (Å²) in [6.45, 7) is 2.12. The highest BCUT2D eigenvalue weighted by molar-refractivity contribution is 6.14. The van der Waals surface area contributed by atoms with Crippen LogP contribution in [0.5, 0.6) is 0 Å². The molecule has 0 atom stereocenters. The lowest BCUT2D eigenvalue weighted by Crippen LogP contribution is -1.86. The van der Waals surface area contributed by atoms with Crippen molar-refractivity contribution in [2.45, 2.75) is 6.92 Å². The van der Waals surface area contributed by atoms with E-state index in [2.05, 4.69) is 59.4 Å². The number of aryl methyl sites for hydroxylation is 1. The van der Waals surface area contributed by atoms with E-state index < -0.39 is 0 Å². The molecule has 0 aliphatic heterocycles. The van der Waals surface area contributed by atoms with Crippen molar-refractivity contribution < 1.29 is 4.42 Å². The molecule has 3 nitrogen and oxygen atoms in total. The van der Waals surface area contributed by atoms with Crippen molar-refractivity contribution in [3.63, 3.8) is 0 Å². The second kappa shape index (κ2) is 4.90. The number of fused-ring (bicyclic) bond motifs is 4. The smallest absolute Gasteiger partial charge is 0.145 e. The molecule has 0 N–H and O–H groups in total. The van der Waals surface area contributed by atoms with Crippen LogP contribution in [-0.4, -0.2) is 9.97 Å². The van der Waals surface area contributed by atoms with Crippen LogP contribution < -0.4 is 0 Å². The summed E-state index contributed by atoms with van der Waals surface area (Å²) in [7, 11) is 0. The van der Waals surface area contributed by atoms with Crippen LogP contribution in [0.2, 0.25) is 0 Å². The van der Waals surface area contributed by atoms with Gasteiger partial charge in [0.05, 0.1) is 11.9 Å². The largest absolute Gasteiger partial charge is 0.455 e. The van der Waals surface area contributed by atoms with Crippen LogP contribution >= 0.6 is 0 Å². The summed E-state index contributed by atoms with van der Waals surface area (Å²) < 4.78 is 6.26. The third-order valence-electron chi connectivity index (χ3n) is 4.53. The summed E-state index contributed by atoms with van der Waals surface area (Å²) in [5.41, 5.74) is 4.78. The molecule has 0 saturated carbocycles. The van der Waals surface area contributed by atoms with Crippen molar-refractivity contribution in [3.8, 4) is 11.3 Å². The van der Waals surface area contributed by atoms with Gasteiger partial charge in [-0.3, -0.25) is 9.97 Å².